The molecule has 0 amide bonds. The van der Waals surface area contributed by atoms with Crippen LogP contribution < -0.4 is 4.90 Å². The summed E-state index contributed by atoms with van der Waals surface area (Å²) in [7, 11) is 0. The van der Waals surface area contributed by atoms with Gasteiger partial charge >= 0.3 is 0 Å². The van der Waals surface area contributed by atoms with E-state index in [1.165, 1.54) is 49.7 Å². The van der Waals surface area contributed by atoms with Crippen LogP contribution in [0.4, 0.5) is 17.1 Å². The molecule has 61 heavy (non-hydrogen) atoms. The van der Waals surface area contributed by atoms with Crippen LogP contribution >= 0.6 is 0 Å². The molecule has 1 aliphatic rings. The van der Waals surface area contributed by atoms with Crippen molar-refractivity contribution in [3.63, 3.8) is 0 Å². The van der Waals surface area contributed by atoms with Gasteiger partial charge in [-0.05, 0) is 85.6 Å². The highest BCUT2D eigenvalue weighted by Crippen LogP contribution is 2.60. The van der Waals surface area contributed by atoms with E-state index in [1.54, 1.807) is 0 Å². The summed E-state index contributed by atoms with van der Waals surface area (Å²) in [6.07, 6.45) is 0. The van der Waals surface area contributed by atoms with Crippen LogP contribution in [-0.2, 0) is 5.41 Å². The van der Waals surface area contributed by atoms with Gasteiger partial charge in [-0.15, -0.1) is 0 Å². The third-order valence-electron chi connectivity index (χ3n) is 12.7. The topological polar surface area (TPSA) is 16.4 Å². The molecule has 1 aromatic heterocycles. The summed E-state index contributed by atoms with van der Waals surface area (Å²) in [6, 6.07) is 86.2. The van der Waals surface area contributed by atoms with Crippen molar-refractivity contribution in [2.45, 2.75) is 5.41 Å². The third kappa shape index (κ3) is 5.43. The number of para-hydroxylation sites is 1. The number of furan rings is 1. The standard InChI is InChI=1S/C59H39NO/c1-4-18-41(19-5-1)48-36-34-42(47-29-16-21-40-20-10-11-26-46(40)47)38-55(48)60(45-35-37-50-49-27-13-15-33-56(49)61-57(50)39-45)54-32-17-31-53-58(54)51-28-12-14-30-52(51)59(53,43-22-6-2-7-23-43)44-24-8-3-9-25-44/h1-39H. The Bertz CT molecular complexity index is 3380. The second-order valence-corrected chi connectivity index (χ2v) is 16.0. The Labute approximate surface area is 355 Å². The van der Waals surface area contributed by atoms with Gasteiger partial charge in [0.05, 0.1) is 16.8 Å². The zero-order chi connectivity index (χ0) is 40.3. The second kappa shape index (κ2) is 14.1. The SMILES string of the molecule is c1ccc(-c2ccc(-c3cccc4ccccc34)cc2N(c2ccc3c(c2)oc2ccccc23)c2cccc3c2-c2ccccc2C3(c2ccccc2)c2ccccc2)cc1. The molecule has 0 radical (unpaired) electrons. The number of benzene rings is 10. The van der Waals surface area contributed by atoms with Crippen molar-refractivity contribution in [1.29, 1.82) is 0 Å². The molecule has 1 heterocycles. The van der Waals surface area contributed by atoms with Crippen LogP contribution in [0, 0.1) is 0 Å². The van der Waals surface area contributed by atoms with Crippen molar-refractivity contribution in [3.8, 4) is 33.4 Å². The van der Waals surface area contributed by atoms with Crippen molar-refractivity contribution in [2.75, 3.05) is 4.90 Å². The highest BCUT2D eigenvalue weighted by atomic mass is 16.3. The Hall–Kier alpha value is -7.94. The molecular weight excluding hydrogens is 739 g/mol. The first-order valence-electron chi connectivity index (χ1n) is 21.0. The van der Waals surface area contributed by atoms with Gasteiger partial charge in [0, 0.05) is 33.7 Å². The Morgan fingerprint density at radius 3 is 1.75 bits per heavy atom. The van der Waals surface area contributed by atoms with Crippen LogP contribution in [0.1, 0.15) is 22.3 Å². The maximum atomic E-state index is 6.64. The summed E-state index contributed by atoms with van der Waals surface area (Å²) in [5.74, 6) is 0. The molecule has 286 valence electrons. The zero-order valence-electron chi connectivity index (χ0n) is 33.4. The number of fused-ring (bicyclic) bond motifs is 7. The largest absolute Gasteiger partial charge is 0.456 e. The Balaban J connectivity index is 1.20. The van der Waals surface area contributed by atoms with Gasteiger partial charge in [0.2, 0.25) is 0 Å². The van der Waals surface area contributed by atoms with Gasteiger partial charge in [-0.3, -0.25) is 0 Å². The highest BCUT2D eigenvalue weighted by molar-refractivity contribution is 6.08. The lowest BCUT2D eigenvalue weighted by Gasteiger charge is -2.34. The Morgan fingerprint density at radius 2 is 0.951 bits per heavy atom. The molecule has 1 aliphatic carbocycles. The molecule has 0 bridgehead atoms. The van der Waals surface area contributed by atoms with Crippen LogP contribution in [0.2, 0.25) is 0 Å². The summed E-state index contributed by atoms with van der Waals surface area (Å²) >= 11 is 0. The Morgan fingerprint density at radius 1 is 0.344 bits per heavy atom. The average molecular weight is 778 g/mol. The van der Waals surface area contributed by atoms with Gasteiger partial charge < -0.3 is 9.32 Å². The molecule has 0 fully saturated rings. The molecule has 0 unspecified atom stereocenters. The lowest BCUT2D eigenvalue weighted by atomic mass is 9.68. The normalized spacial score (nSPS) is 12.7. The fourth-order valence-electron chi connectivity index (χ4n) is 10.1. The van der Waals surface area contributed by atoms with Crippen LogP contribution in [0.15, 0.2) is 241 Å². The van der Waals surface area contributed by atoms with E-state index >= 15 is 0 Å². The van der Waals surface area contributed by atoms with E-state index in [4.69, 9.17) is 4.42 Å². The van der Waals surface area contributed by atoms with Crippen LogP contribution in [-0.4, -0.2) is 0 Å². The van der Waals surface area contributed by atoms with Crippen molar-refractivity contribution in [3.05, 3.63) is 259 Å². The monoisotopic (exact) mass is 777 g/mol. The molecule has 0 saturated heterocycles. The molecule has 0 aliphatic heterocycles. The lowest BCUT2D eigenvalue weighted by molar-refractivity contribution is 0.669. The first kappa shape index (κ1) is 35.0. The molecule has 2 heteroatoms. The van der Waals surface area contributed by atoms with Gasteiger partial charge in [-0.2, -0.15) is 0 Å². The zero-order valence-corrected chi connectivity index (χ0v) is 33.4. The van der Waals surface area contributed by atoms with Crippen molar-refractivity contribution >= 4 is 49.8 Å². The van der Waals surface area contributed by atoms with E-state index in [0.29, 0.717) is 0 Å². The maximum absolute atomic E-state index is 6.64. The van der Waals surface area contributed by atoms with E-state index in [9.17, 15) is 0 Å². The van der Waals surface area contributed by atoms with E-state index in [-0.39, 0.29) is 0 Å². The van der Waals surface area contributed by atoms with Gasteiger partial charge in [0.25, 0.3) is 0 Å². The van der Waals surface area contributed by atoms with Crippen LogP contribution in [0.25, 0.3) is 66.1 Å². The molecule has 0 spiro atoms. The summed E-state index contributed by atoms with van der Waals surface area (Å²) in [5, 5.41) is 4.66. The average Bonchev–Trinajstić information content (AvgIpc) is 3.86. The fraction of sp³-hybridized carbons (Fsp3) is 0.0169. The van der Waals surface area contributed by atoms with Gasteiger partial charge in [0.1, 0.15) is 11.2 Å². The number of hydrogen-bond acceptors (Lipinski definition) is 2. The highest BCUT2D eigenvalue weighted by Gasteiger charge is 2.47. The lowest BCUT2D eigenvalue weighted by Crippen LogP contribution is -2.28. The molecule has 0 N–H and O–H groups in total. The molecule has 2 nitrogen and oxygen atoms in total. The minimum absolute atomic E-state index is 0.550. The second-order valence-electron chi connectivity index (χ2n) is 16.0. The van der Waals surface area contributed by atoms with Crippen molar-refractivity contribution in [1.82, 2.24) is 0 Å². The molecule has 12 rings (SSSR count). The summed E-state index contributed by atoms with van der Waals surface area (Å²) < 4.78 is 6.64. The quantitative estimate of drug-likeness (QED) is 0.160. The van der Waals surface area contributed by atoms with E-state index in [1.807, 2.05) is 6.07 Å². The summed E-state index contributed by atoms with van der Waals surface area (Å²) in [5.41, 5.74) is 16.4. The van der Waals surface area contributed by atoms with Crippen molar-refractivity contribution in [2.24, 2.45) is 0 Å². The van der Waals surface area contributed by atoms with Crippen LogP contribution in [0.5, 0.6) is 0 Å². The summed E-state index contributed by atoms with van der Waals surface area (Å²) in [4.78, 5) is 2.49. The van der Waals surface area contributed by atoms with Crippen LogP contribution in [0.3, 0.4) is 0 Å². The van der Waals surface area contributed by atoms with E-state index in [2.05, 4.69) is 235 Å². The third-order valence-corrected chi connectivity index (χ3v) is 12.7. The predicted octanol–water partition coefficient (Wildman–Crippen LogP) is 15.9. The predicted molar refractivity (Wildman–Crippen MR) is 254 cm³/mol. The molecule has 11 aromatic rings. The Kier molecular flexibility index (Phi) is 8.11. The number of nitrogens with zero attached hydrogens (tertiary/aromatic N) is 1. The van der Waals surface area contributed by atoms with E-state index in [0.717, 1.165) is 55.7 Å². The molecule has 0 atom stereocenters. The first-order chi connectivity index (χ1) is 30.3. The molecule has 0 saturated carbocycles. The van der Waals surface area contributed by atoms with Gasteiger partial charge in [0.15, 0.2) is 0 Å². The maximum Gasteiger partial charge on any atom is 0.137 e. The number of hydrogen-bond donors (Lipinski definition) is 0. The van der Waals surface area contributed by atoms with Crippen molar-refractivity contribution < 1.29 is 4.42 Å². The number of anilines is 3. The minimum atomic E-state index is -0.550. The summed E-state index contributed by atoms with van der Waals surface area (Å²) in [6.45, 7) is 0. The minimum Gasteiger partial charge on any atom is -0.456 e. The van der Waals surface area contributed by atoms with Gasteiger partial charge in [-0.25, -0.2) is 0 Å². The first-order valence-corrected chi connectivity index (χ1v) is 21.0. The van der Waals surface area contributed by atoms with E-state index < -0.39 is 5.41 Å². The molecular formula is C59H39NO. The van der Waals surface area contributed by atoms with Gasteiger partial charge in [-0.1, -0.05) is 200 Å². The molecule has 10 aromatic carbocycles. The number of rotatable bonds is 7. The fourth-order valence-corrected chi connectivity index (χ4v) is 10.1. The smallest absolute Gasteiger partial charge is 0.137 e.